The zero-order valence-electron chi connectivity index (χ0n) is 15.8. The van der Waals surface area contributed by atoms with Crippen LogP contribution in [0.1, 0.15) is 19.8 Å². The van der Waals surface area contributed by atoms with Crippen molar-refractivity contribution >= 4 is 35.1 Å². The predicted octanol–water partition coefficient (Wildman–Crippen LogP) is 2.29. The van der Waals surface area contributed by atoms with Gasteiger partial charge in [0.05, 0.1) is 23.9 Å². The number of benzene rings is 1. The second kappa shape index (κ2) is 10.6. The molecule has 9 nitrogen and oxygen atoms in total. The molecule has 0 bridgehead atoms. The highest BCUT2D eigenvalue weighted by Gasteiger charge is 2.44. The number of nitro groups is 1. The lowest BCUT2D eigenvalue weighted by Gasteiger charge is -2.17. The number of esters is 1. The first-order valence-electron chi connectivity index (χ1n) is 9.00. The first-order chi connectivity index (χ1) is 13.8. The third-order valence-electron chi connectivity index (χ3n) is 4.75. The van der Waals surface area contributed by atoms with Gasteiger partial charge in [-0.05, 0) is 18.1 Å². The van der Waals surface area contributed by atoms with Crippen LogP contribution in [-0.2, 0) is 19.1 Å². The Morgan fingerprint density at radius 2 is 2.14 bits per heavy atom. The first-order valence-corrected chi connectivity index (χ1v) is 9.99. The van der Waals surface area contributed by atoms with Gasteiger partial charge in [0, 0.05) is 28.1 Å². The molecule has 29 heavy (non-hydrogen) atoms. The van der Waals surface area contributed by atoms with Gasteiger partial charge in [-0.25, -0.2) is 0 Å². The van der Waals surface area contributed by atoms with Crippen molar-refractivity contribution in [3.05, 3.63) is 34.4 Å². The average Bonchev–Trinajstić information content (AvgIpc) is 2.92. The Morgan fingerprint density at radius 3 is 2.83 bits per heavy atom. The molecule has 1 aromatic carbocycles. The number of nitrogens with zero attached hydrogens (tertiary/aromatic N) is 2. The van der Waals surface area contributed by atoms with Crippen LogP contribution in [0.4, 0.5) is 5.69 Å². The van der Waals surface area contributed by atoms with Gasteiger partial charge in [-0.2, -0.15) is 5.26 Å². The number of nitriles is 1. The molecule has 10 heteroatoms. The fourth-order valence-electron chi connectivity index (χ4n) is 3.38. The summed E-state index contributed by atoms with van der Waals surface area (Å²) in [5.41, 5.74) is 0.500. The molecule has 154 valence electrons. The maximum absolute atomic E-state index is 12.1. The zero-order chi connectivity index (χ0) is 21.4. The third kappa shape index (κ3) is 6.57. The van der Waals surface area contributed by atoms with E-state index in [0.717, 1.165) is 0 Å². The van der Waals surface area contributed by atoms with E-state index in [4.69, 9.17) is 10.00 Å². The summed E-state index contributed by atoms with van der Waals surface area (Å²) in [6, 6.07) is 8.92. The topological polar surface area (TPSA) is 139 Å². The van der Waals surface area contributed by atoms with Crippen molar-refractivity contribution < 1.29 is 24.0 Å². The van der Waals surface area contributed by atoms with Crippen LogP contribution in [0.25, 0.3) is 0 Å². The van der Waals surface area contributed by atoms with E-state index in [1.54, 1.807) is 31.2 Å². The summed E-state index contributed by atoms with van der Waals surface area (Å²) in [5, 5.41) is 22.1. The number of ether oxygens (including phenoxy) is 1. The minimum atomic E-state index is -0.755. The number of carbonyl (C=O) groups excluding carboxylic acids is 3. The van der Waals surface area contributed by atoms with Crippen LogP contribution in [0.15, 0.2) is 29.2 Å². The molecule has 1 fully saturated rings. The van der Waals surface area contributed by atoms with E-state index in [1.807, 2.05) is 6.07 Å². The number of para-hydroxylation sites is 1. The minimum Gasteiger partial charge on any atom is -0.456 e. The molecule has 1 aliphatic carbocycles. The SMILES string of the molecule is C[C@H]1CC(=O)[C@H](CC(=O)OCC(=O)Nc2ccccc2SCC#N)[C@@H]1C[N+](=O)[O-]. The first kappa shape index (κ1) is 22.4. The molecule has 0 aliphatic heterocycles. The highest BCUT2D eigenvalue weighted by atomic mass is 32.2. The van der Waals surface area contributed by atoms with E-state index in [9.17, 15) is 24.5 Å². The highest BCUT2D eigenvalue weighted by Crippen LogP contribution is 2.36. The van der Waals surface area contributed by atoms with Gasteiger partial charge in [-0.1, -0.05) is 19.1 Å². The summed E-state index contributed by atoms with van der Waals surface area (Å²) in [7, 11) is 0. The van der Waals surface area contributed by atoms with Crippen LogP contribution < -0.4 is 5.32 Å². The molecule has 3 atom stereocenters. The van der Waals surface area contributed by atoms with Gasteiger partial charge in [-0.3, -0.25) is 24.5 Å². The van der Waals surface area contributed by atoms with Crippen LogP contribution in [-0.4, -0.2) is 41.5 Å². The average molecular weight is 419 g/mol. The molecular weight excluding hydrogens is 398 g/mol. The smallest absolute Gasteiger partial charge is 0.307 e. The van der Waals surface area contributed by atoms with Crippen molar-refractivity contribution in [1.29, 1.82) is 5.26 Å². The van der Waals surface area contributed by atoms with Crippen molar-refractivity contribution in [2.45, 2.75) is 24.7 Å². The molecule has 1 aliphatic rings. The fraction of sp³-hybridized carbons (Fsp3) is 0.474. The molecule has 0 unspecified atom stereocenters. The maximum Gasteiger partial charge on any atom is 0.307 e. The van der Waals surface area contributed by atoms with Crippen molar-refractivity contribution in [2.24, 2.45) is 17.8 Å². The monoisotopic (exact) mass is 419 g/mol. The van der Waals surface area contributed by atoms with Gasteiger partial charge < -0.3 is 10.1 Å². The quantitative estimate of drug-likeness (QED) is 0.278. The number of amides is 1. The molecule has 1 N–H and O–H groups in total. The number of hydrogen-bond donors (Lipinski definition) is 1. The molecule has 0 radical (unpaired) electrons. The number of thioether (sulfide) groups is 1. The second-order valence-electron chi connectivity index (χ2n) is 6.79. The van der Waals surface area contributed by atoms with Crippen LogP contribution in [0.3, 0.4) is 0 Å². The van der Waals surface area contributed by atoms with Gasteiger partial charge in [0.2, 0.25) is 6.54 Å². The molecule has 0 aromatic heterocycles. The fourth-order valence-corrected chi connectivity index (χ4v) is 4.05. The van der Waals surface area contributed by atoms with Crippen molar-refractivity contribution in [3.63, 3.8) is 0 Å². The summed E-state index contributed by atoms with van der Waals surface area (Å²) in [6.07, 6.45) is -0.0718. The van der Waals surface area contributed by atoms with Gasteiger partial charge in [0.1, 0.15) is 5.78 Å². The Kier molecular flexibility index (Phi) is 8.15. The Labute approximate surface area is 171 Å². The molecule has 0 heterocycles. The molecule has 0 spiro atoms. The number of Topliss-reactive ketones (excluding diaryl/α,β-unsaturated/α-hetero) is 1. The lowest BCUT2D eigenvalue weighted by Crippen LogP contribution is -2.28. The highest BCUT2D eigenvalue weighted by molar-refractivity contribution is 7.99. The summed E-state index contributed by atoms with van der Waals surface area (Å²) >= 11 is 1.26. The lowest BCUT2D eigenvalue weighted by molar-refractivity contribution is -0.490. The van der Waals surface area contributed by atoms with E-state index in [2.05, 4.69) is 5.32 Å². The zero-order valence-corrected chi connectivity index (χ0v) is 16.6. The van der Waals surface area contributed by atoms with Gasteiger partial charge in [-0.15, -0.1) is 11.8 Å². The van der Waals surface area contributed by atoms with Crippen LogP contribution in [0.5, 0.6) is 0 Å². The van der Waals surface area contributed by atoms with Crippen LogP contribution in [0, 0.1) is 39.2 Å². The van der Waals surface area contributed by atoms with Gasteiger partial charge >= 0.3 is 5.97 Å². The van der Waals surface area contributed by atoms with Crippen LogP contribution in [0.2, 0.25) is 0 Å². The predicted molar refractivity (Wildman–Crippen MR) is 105 cm³/mol. The maximum atomic E-state index is 12.1. The summed E-state index contributed by atoms with van der Waals surface area (Å²) in [4.78, 5) is 47.3. The van der Waals surface area contributed by atoms with Crippen molar-refractivity contribution in [1.82, 2.24) is 0 Å². The summed E-state index contributed by atoms with van der Waals surface area (Å²) in [5.74, 6) is -2.70. The Hall–Kier alpha value is -2.93. The minimum absolute atomic E-state index is 0.170. The summed E-state index contributed by atoms with van der Waals surface area (Å²) < 4.78 is 4.96. The Morgan fingerprint density at radius 1 is 1.41 bits per heavy atom. The molecule has 1 saturated carbocycles. The number of nitrogens with one attached hydrogen (secondary N) is 1. The molecule has 2 rings (SSSR count). The third-order valence-corrected chi connectivity index (χ3v) is 5.69. The van der Waals surface area contributed by atoms with E-state index in [-0.39, 0.29) is 36.8 Å². The summed E-state index contributed by atoms with van der Waals surface area (Å²) in [6.45, 7) is 0.849. The molecular formula is C19H21N3O6S. The standard InChI is InChI=1S/C19H21N3O6S/c1-12-8-16(23)13(14(12)10-22(26)27)9-19(25)28-11-18(24)21-15-4-2-3-5-17(15)29-7-6-20/h2-5,12-14H,7-11H2,1H3,(H,21,24)/t12-,13+,14+/m0/s1. The molecule has 1 amide bonds. The normalized spacial score (nSPS) is 20.7. The van der Waals surface area contributed by atoms with E-state index < -0.39 is 35.2 Å². The second-order valence-corrected chi connectivity index (χ2v) is 7.81. The molecule has 1 aromatic rings. The van der Waals surface area contributed by atoms with Gasteiger partial charge in [0.25, 0.3) is 5.91 Å². The largest absolute Gasteiger partial charge is 0.456 e. The van der Waals surface area contributed by atoms with Crippen molar-refractivity contribution in [2.75, 3.05) is 24.2 Å². The number of ketones is 1. The number of carbonyl (C=O) groups is 3. The van der Waals surface area contributed by atoms with E-state index >= 15 is 0 Å². The van der Waals surface area contributed by atoms with Gasteiger partial charge in [0.15, 0.2) is 6.61 Å². The van der Waals surface area contributed by atoms with E-state index in [1.165, 1.54) is 11.8 Å². The Balaban J connectivity index is 1.87. The van der Waals surface area contributed by atoms with E-state index in [0.29, 0.717) is 10.6 Å². The number of rotatable bonds is 9. The van der Waals surface area contributed by atoms with Crippen molar-refractivity contribution in [3.8, 4) is 6.07 Å². The number of hydrogen-bond acceptors (Lipinski definition) is 8. The number of anilines is 1. The van der Waals surface area contributed by atoms with Crippen LogP contribution >= 0.6 is 11.8 Å². The lowest BCUT2D eigenvalue weighted by atomic mass is 9.88. The molecule has 0 saturated heterocycles. The Bertz CT molecular complexity index is 837.